The van der Waals surface area contributed by atoms with Crippen LogP contribution in [-0.4, -0.2) is 99.9 Å². The maximum atomic E-state index is 13.5. The maximum absolute atomic E-state index is 13.5. The highest BCUT2D eigenvalue weighted by atomic mass is 35.5. The van der Waals surface area contributed by atoms with Gasteiger partial charge in [0.05, 0.1) is 17.2 Å². The molecule has 3 fully saturated rings. The second-order valence-corrected chi connectivity index (χ2v) is 12.0. The van der Waals surface area contributed by atoms with Gasteiger partial charge in [0.25, 0.3) is 0 Å². The van der Waals surface area contributed by atoms with Crippen molar-refractivity contribution in [3.05, 3.63) is 69.0 Å². The number of halogens is 3. The fourth-order valence-corrected chi connectivity index (χ4v) is 5.88. The van der Waals surface area contributed by atoms with E-state index in [0.717, 1.165) is 6.07 Å². The lowest BCUT2D eigenvalue weighted by Gasteiger charge is -2.41. The molecule has 2 aromatic rings. The topological polar surface area (TPSA) is 176 Å². The summed E-state index contributed by atoms with van der Waals surface area (Å²) in [6.45, 7) is 3.14. The molecule has 0 radical (unpaired) electrons. The molecule has 0 bridgehead atoms. The number of hydrogen-bond acceptors (Lipinski definition) is 11. The summed E-state index contributed by atoms with van der Waals surface area (Å²) in [4.78, 5) is 12.9. The molecule has 0 aromatic heterocycles. The summed E-state index contributed by atoms with van der Waals surface area (Å²) in [5, 5.41) is 54.8. The minimum atomic E-state index is -1.49. The normalized spacial score (nSPS) is 31.5. The number of rotatable bonds is 9. The number of phenols is 1. The Bertz CT molecular complexity index is 1510. The van der Waals surface area contributed by atoms with Crippen molar-refractivity contribution >= 4 is 35.2 Å². The molecule has 3 aliphatic rings. The van der Waals surface area contributed by atoms with Crippen LogP contribution >= 0.6 is 23.2 Å². The van der Waals surface area contributed by atoms with Crippen molar-refractivity contribution in [2.45, 2.75) is 75.3 Å². The molecule has 0 unspecified atom stereocenters. The van der Waals surface area contributed by atoms with E-state index >= 15 is 0 Å². The number of aliphatic hydroxyl groups excluding tert-OH is 4. The summed E-state index contributed by atoms with van der Waals surface area (Å²) in [5.41, 5.74) is 1.28. The van der Waals surface area contributed by atoms with Crippen LogP contribution in [0.25, 0.3) is 6.08 Å². The average molecular weight is 687 g/mol. The van der Waals surface area contributed by atoms with E-state index in [1.165, 1.54) is 31.2 Å². The Morgan fingerprint density at radius 2 is 1.72 bits per heavy atom. The van der Waals surface area contributed by atoms with Gasteiger partial charge in [-0.1, -0.05) is 29.3 Å². The van der Waals surface area contributed by atoms with E-state index in [0.29, 0.717) is 11.1 Å². The number of nitrogens with one attached hydrogen (secondary N) is 1. The monoisotopic (exact) mass is 685 g/mol. The molecule has 1 aliphatic carbocycles. The zero-order chi connectivity index (χ0) is 33.3. The molecule has 2 heterocycles. The first-order valence-corrected chi connectivity index (χ1v) is 15.1. The van der Waals surface area contributed by atoms with Crippen LogP contribution in [0.1, 0.15) is 25.8 Å². The number of aliphatic hydroxyl groups is 4. The summed E-state index contributed by atoms with van der Waals surface area (Å²) in [7, 11) is 0. The van der Waals surface area contributed by atoms with Gasteiger partial charge in [-0.05, 0) is 61.4 Å². The van der Waals surface area contributed by atoms with E-state index in [1.54, 1.807) is 19.1 Å². The lowest BCUT2D eigenvalue weighted by molar-refractivity contribution is -0.155. The van der Waals surface area contributed by atoms with Crippen LogP contribution in [0.4, 0.5) is 4.39 Å². The Balaban J connectivity index is 1.16. The van der Waals surface area contributed by atoms with E-state index in [1.807, 2.05) is 0 Å². The van der Waals surface area contributed by atoms with Gasteiger partial charge in [-0.15, -0.1) is 0 Å². The van der Waals surface area contributed by atoms with Crippen molar-refractivity contribution < 1.29 is 58.4 Å². The number of phenolic OH excluding ortho intramolecular Hbond substituents is 1. The molecule has 9 atom stereocenters. The molecule has 2 saturated heterocycles. The minimum Gasteiger partial charge on any atom is -0.504 e. The Labute approximate surface area is 273 Å². The van der Waals surface area contributed by atoms with Crippen LogP contribution in [0.15, 0.2) is 47.6 Å². The van der Waals surface area contributed by atoms with Crippen LogP contribution in [0.3, 0.4) is 0 Å². The van der Waals surface area contributed by atoms with Gasteiger partial charge in [0.1, 0.15) is 66.6 Å². The van der Waals surface area contributed by atoms with Crippen LogP contribution in [-0.2, 0) is 19.0 Å². The smallest absolute Gasteiger partial charge is 0.247 e. The SMILES string of the molecule is CC(=Cc1ccc(O[C@H]2C[C@H](O)[C@@H](C(C)=CCOc3ccc(F)c(Cl)c3Cl)O2)c(O)c1)C(=O)N[C@@H]1[C@H](O)[C@@H](O)[C@H]2OCO[C@H]2[C@@H]1O. The number of benzene rings is 2. The Kier molecular flexibility index (Phi) is 10.8. The molecule has 46 heavy (non-hydrogen) atoms. The first kappa shape index (κ1) is 34.4. The third-order valence-corrected chi connectivity index (χ3v) is 8.90. The number of amides is 1. The summed E-state index contributed by atoms with van der Waals surface area (Å²) in [5.74, 6) is -1.25. The molecule has 5 rings (SSSR count). The first-order valence-electron chi connectivity index (χ1n) is 14.4. The molecule has 6 N–H and O–H groups in total. The van der Waals surface area contributed by atoms with E-state index in [9.17, 15) is 34.7 Å². The number of hydrogen-bond donors (Lipinski definition) is 6. The number of fused-ring (bicyclic) bond motifs is 1. The third-order valence-electron chi connectivity index (χ3n) is 8.06. The lowest BCUT2D eigenvalue weighted by Crippen LogP contribution is -2.67. The molecule has 2 aromatic carbocycles. The largest absolute Gasteiger partial charge is 0.504 e. The second-order valence-electron chi connectivity index (χ2n) is 11.2. The summed E-state index contributed by atoms with van der Waals surface area (Å²) >= 11 is 11.8. The predicted octanol–water partition coefficient (Wildman–Crippen LogP) is 2.44. The maximum Gasteiger partial charge on any atom is 0.247 e. The first-order chi connectivity index (χ1) is 21.8. The number of aromatic hydroxyl groups is 1. The van der Waals surface area contributed by atoms with Crippen LogP contribution in [0.5, 0.6) is 17.2 Å². The molecule has 15 heteroatoms. The fourth-order valence-electron chi connectivity index (χ4n) is 5.52. The zero-order valence-corrected chi connectivity index (χ0v) is 26.2. The highest BCUT2D eigenvalue weighted by Gasteiger charge is 2.53. The van der Waals surface area contributed by atoms with E-state index in [4.69, 9.17) is 46.9 Å². The van der Waals surface area contributed by atoms with Crippen LogP contribution < -0.4 is 14.8 Å². The lowest BCUT2D eigenvalue weighted by atomic mass is 9.83. The molecule has 12 nitrogen and oxygen atoms in total. The standard InChI is InChI=1S/C31H34Cl2FNO11/c1-13(7-8-42-20-6-4-16(34)22(32)23(20)33)28-18(37)11-21(46-28)45-19-5-3-15(10-17(19)36)9-14(2)31(41)35-24-25(38)27(40)30-29(26(24)39)43-12-44-30/h3-7,9-10,18,21,24-30,36-40H,8,11-12H2,1-2H3,(H,35,41)/t18-,21+,24+,25-,26+,27+,28+,29-,30+/m0/s1. The van der Waals surface area contributed by atoms with Crippen molar-refractivity contribution in [3.8, 4) is 17.2 Å². The fraction of sp³-hybridized carbons (Fsp3) is 0.452. The number of ether oxygens (including phenoxy) is 5. The Morgan fingerprint density at radius 3 is 2.43 bits per heavy atom. The van der Waals surface area contributed by atoms with Gasteiger partial charge in [0, 0.05) is 12.0 Å². The summed E-state index contributed by atoms with van der Waals surface area (Å²) in [6, 6.07) is 5.73. The van der Waals surface area contributed by atoms with E-state index in [2.05, 4.69) is 5.32 Å². The molecular weight excluding hydrogens is 652 g/mol. The quantitative estimate of drug-likeness (QED) is 0.130. The molecule has 250 valence electrons. The van der Waals surface area contributed by atoms with Gasteiger partial charge >= 0.3 is 0 Å². The van der Waals surface area contributed by atoms with Gasteiger partial charge in [0.15, 0.2) is 11.5 Å². The van der Waals surface area contributed by atoms with Crippen molar-refractivity contribution in [2.24, 2.45) is 0 Å². The molecular formula is C31H34Cl2FNO11. The molecule has 0 spiro atoms. The predicted molar refractivity (Wildman–Crippen MR) is 162 cm³/mol. The van der Waals surface area contributed by atoms with E-state index in [-0.39, 0.29) is 52.7 Å². The minimum absolute atomic E-state index is 0.0486. The molecule has 2 aliphatic heterocycles. The average Bonchev–Trinajstić information content (AvgIpc) is 3.66. The third kappa shape index (κ3) is 7.28. The van der Waals surface area contributed by atoms with Gasteiger partial charge < -0.3 is 54.5 Å². The van der Waals surface area contributed by atoms with Crippen LogP contribution in [0, 0.1) is 5.82 Å². The molecule has 1 saturated carbocycles. The molecule has 1 amide bonds. The highest BCUT2D eigenvalue weighted by Crippen LogP contribution is 2.35. The van der Waals surface area contributed by atoms with Gasteiger partial charge in [0.2, 0.25) is 12.2 Å². The summed E-state index contributed by atoms with van der Waals surface area (Å²) in [6.07, 6.45) is -5.21. The number of carbonyl (C=O) groups is 1. The van der Waals surface area contributed by atoms with Gasteiger partial charge in [-0.25, -0.2) is 4.39 Å². The number of carbonyl (C=O) groups excluding carboxylic acids is 1. The summed E-state index contributed by atoms with van der Waals surface area (Å²) < 4.78 is 41.2. The van der Waals surface area contributed by atoms with Crippen molar-refractivity contribution in [1.29, 1.82) is 0 Å². The van der Waals surface area contributed by atoms with Crippen molar-refractivity contribution in [2.75, 3.05) is 13.4 Å². The zero-order valence-electron chi connectivity index (χ0n) is 24.7. The Morgan fingerprint density at radius 1 is 1.02 bits per heavy atom. The van der Waals surface area contributed by atoms with Crippen molar-refractivity contribution in [3.63, 3.8) is 0 Å². The van der Waals surface area contributed by atoms with Crippen LogP contribution in [0.2, 0.25) is 10.0 Å². The van der Waals surface area contributed by atoms with Gasteiger partial charge in [-0.2, -0.15) is 0 Å². The van der Waals surface area contributed by atoms with Crippen molar-refractivity contribution in [1.82, 2.24) is 5.32 Å². The highest BCUT2D eigenvalue weighted by molar-refractivity contribution is 6.43. The van der Waals surface area contributed by atoms with E-state index < -0.39 is 66.8 Å². The Hall–Kier alpha value is -2.98. The second kappa shape index (κ2) is 14.4. The van der Waals surface area contributed by atoms with Gasteiger partial charge in [-0.3, -0.25) is 4.79 Å².